The van der Waals surface area contributed by atoms with Gasteiger partial charge in [0, 0.05) is 18.1 Å². The molecule has 1 aromatic rings. The maximum absolute atomic E-state index is 13.4. The van der Waals surface area contributed by atoms with Gasteiger partial charge in [0.1, 0.15) is 5.82 Å². The maximum Gasteiger partial charge on any atom is 0.304 e. The van der Waals surface area contributed by atoms with Crippen LogP contribution < -0.4 is 0 Å². The van der Waals surface area contributed by atoms with Crippen LogP contribution >= 0.6 is 0 Å². The zero-order chi connectivity index (χ0) is 15.3. The molecule has 1 N–H and O–H groups in total. The zero-order valence-corrected chi connectivity index (χ0v) is 12.7. The van der Waals surface area contributed by atoms with E-state index in [9.17, 15) is 9.18 Å². The molecule has 1 aromatic carbocycles. The van der Waals surface area contributed by atoms with Crippen molar-refractivity contribution in [2.24, 2.45) is 0 Å². The molecule has 0 saturated heterocycles. The van der Waals surface area contributed by atoms with Crippen molar-refractivity contribution < 1.29 is 14.3 Å². The number of rotatable bonds is 6. The molecule has 0 spiro atoms. The number of carboxylic acids is 1. The standard InChI is InChI=1S/C16H24FNO2/c1-5-14(12-7-6-8-13(17)11-12)18(16(2,3)4)10-9-15(19)20/h6-8,11,14H,5,9-10H2,1-4H3,(H,19,20). The lowest BCUT2D eigenvalue weighted by Gasteiger charge is -2.41. The Bertz CT molecular complexity index is 454. The first-order chi connectivity index (χ1) is 9.25. The molecular weight excluding hydrogens is 257 g/mol. The fourth-order valence-corrected chi connectivity index (χ4v) is 2.52. The van der Waals surface area contributed by atoms with E-state index in [1.54, 1.807) is 6.07 Å². The summed E-state index contributed by atoms with van der Waals surface area (Å²) in [4.78, 5) is 13.0. The van der Waals surface area contributed by atoms with Gasteiger partial charge < -0.3 is 5.11 Å². The highest BCUT2D eigenvalue weighted by atomic mass is 19.1. The molecule has 0 bridgehead atoms. The molecule has 112 valence electrons. The average molecular weight is 281 g/mol. The number of hydrogen-bond donors (Lipinski definition) is 1. The summed E-state index contributed by atoms with van der Waals surface area (Å²) in [6, 6.07) is 6.58. The van der Waals surface area contributed by atoms with Crippen LogP contribution in [-0.2, 0) is 4.79 Å². The number of carboxylic acid groups (broad SMARTS) is 1. The van der Waals surface area contributed by atoms with E-state index in [-0.39, 0.29) is 23.8 Å². The van der Waals surface area contributed by atoms with Gasteiger partial charge in [0.2, 0.25) is 0 Å². The minimum atomic E-state index is -0.812. The molecule has 0 saturated carbocycles. The topological polar surface area (TPSA) is 40.5 Å². The molecular formula is C16H24FNO2. The minimum Gasteiger partial charge on any atom is -0.481 e. The largest absolute Gasteiger partial charge is 0.481 e. The summed E-state index contributed by atoms with van der Waals surface area (Å²) in [5.41, 5.74) is 0.718. The number of hydrogen-bond acceptors (Lipinski definition) is 2. The number of benzene rings is 1. The van der Waals surface area contributed by atoms with E-state index in [0.29, 0.717) is 6.54 Å². The first kappa shape index (κ1) is 16.6. The van der Waals surface area contributed by atoms with Crippen molar-refractivity contribution in [2.75, 3.05) is 6.54 Å². The SMILES string of the molecule is CCC(c1cccc(F)c1)N(CCC(=O)O)C(C)(C)C. The molecule has 0 aliphatic heterocycles. The van der Waals surface area contributed by atoms with Crippen LogP contribution in [0.25, 0.3) is 0 Å². The number of aliphatic carboxylic acids is 1. The Hall–Kier alpha value is -1.42. The van der Waals surface area contributed by atoms with Crippen molar-refractivity contribution >= 4 is 5.97 Å². The van der Waals surface area contributed by atoms with Crippen LogP contribution in [0.2, 0.25) is 0 Å². The third kappa shape index (κ3) is 4.60. The molecule has 0 heterocycles. The van der Waals surface area contributed by atoms with Gasteiger partial charge in [0.05, 0.1) is 6.42 Å². The second-order valence-corrected chi connectivity index (χ2v) is 5.99. The summed E-state index contributed by atoms with van der Waals surface area (Å²) in [7, 11) is 0. The highest BCUT2D eigenvalue weighted by Crippen LogP contribution is 2.31. The molecule has 0 aliphatic rings. The van der Waals surface area contributed by atoms with Gasteiger partial charge in [-0.1, -0.05) is 19.1 Å². The third-order valence-electron chi connectivity index (χ3n) is 3.42. The summed E-state index contributed by atoms with van der Waals surface area (Å²) in [5, 5.41) is 8.91. The Morgan fingerprint density at radius 2 is 2.05 bits per heavy atom. The second kappa shape index (κ2) is 6.84. The lowest BCUT2D eigenvalue weighted by molar-refractivity contribution is -0.137. The van der Waals surface area contributed by atoms with Crippen molar-refractivity contribution in [1.29, 1.82) is 0 Å². The molecule has 3 nitrogen and oxygen atoms in total. The van der Waals surface area contributed by atoms with E-state index in [1.165, 1.54) is 12.1 Å². The van der Waals surface area contributed by atoms with Crippen LogP contribution in [0.5, 0.6) is 0 Å². The van der Waals surface area contributed by atoms with Crippen LogP contribution in [-0.4, -0.2) is 28.1 Å². The number of carbonyl (C=O) groups is 1. The van der Waals surface area contributed by atoms with E-state index in [4.69, 9.17) is 5.11 Å². The van der Waals surface area contributed by atoms with Crippen molar-refractivity contribution in [3.8, 4) is 0 Å². The Labute approximate surface area is 120 Å². The van der Waals surface area contributed by atoms with E-state index >= 15 is 0 Å². The number of halogens is 1. The highest BCUT2D eigenvalue weighted by molar-refractivity contribution is 5.66. The van der Waals surface area contributed by atoms with Gasteiger partial charge >= 0.3 is 5.97 Å². The molecule has 0 aliphatic carbocycles. The lowest BCUT2D eigenvalue weighted by Crippen LogP contribution is -2.44. The van der Waals surface area contributed by atoms with Crippen LogP contribution in [0.1, 0.15) is 52.1 Å². The van der Waals surface area contributed by atoms with Crippen LogP contribution in [0.4, 0.5) is 4.39 Å². The van der Waals surface area contributed by atoms with Gasteiger partial charge in [-0.3, -0.25) is 9.69 Å². The third-order valence-corrected chi connectivity index (χ3v) is 3.42. The Balaban J connectivity index is 3.04. The molecule has 1 rings (SSSR count). The summed E-state index contributed by atoms with van der Waals surface area (Å²) >= 11 is 0. The van der Waals surface area contributed by atoms with Gasteiger partial charge in [0.25, 0.3) is 0 Å². The van der Waals surface area contributed by atoms with Crippen molar-refractivity contribution in [2.45, 2.75) is 52.1 Å². The summed E-state index contributed by atoms with van der Waals surface area (Å²) in [6.07, 6.45) is 0.892. The quantitative estimate of drug-likeness (QED) is 0.861. The molecule has 0 amide bonds. The van der Waals surface area contributed by atoms with Crippen molar-refractivity contribution in [3.05, 3.63) is 35.6 Å². The number of nitrogens with zero attached hydrogens (tertiary/aromatic N) is 1. The zero-order valence-electron chi connectivity index (χ0n) is 12.7. The normalized spacial score (nSPS) is 13.5. The molecule has 1 atom stereocenters. The van der Waals surface area contributed by atoms with Crippen LogP contribution in [0, 0.1) is 5.82 Å². The molecule has 4 heteroatoms. The average Bonchev–Trinajstić information content (AvgIpc) is 2.32. The summed E-state index contributed by atoms with van der Waals surface area (Å²) in [6.45, 7) is 8.65. The van der Waals surface area contributed by atoms with Gasteiger partial charge in [-0.25, -0.2) is 4.39 Å². The van der Waals surface area contributed by atoms with Crippen LogP contribution in [0.15, 0.2) is 24.3 Å². The van der Waals surface area contributed by atoms with E-state index in [0.717, 1.165) is 12.0 Å². The first-order valence-corrected chi connectivity index (χ1v) is 6.99. The van der Waals surface area contributed by atoms with Gasteiger partial charge in [-0.05, 0) is 44.9 Å². The lowest BCUT2D eigenvalue weighted by atomic mass is 9.95. The van der Waals surface area contributed by atoms with Crippen molar-refractivity contribution in [3.63, 3.8) is 0 Å². The van der Waals surface area contributed by atoms with E-state index in [2.05, 4.69) is 25.7 Å². The second-order valence-electron chi connectivity index (χ2n) is 5.99. The maximum atomic E-state index is 13.4. The van der Waals surface area contributed by atoms with E-state index in [1.807, 2.05) is 13.0 Å². The summed E-state index contributed by atoms with van der Waals surface area (Å²) < 4.78 is 13.4. The highest BCUT2D eigenvalue weighted by Gasteiger charge is 2.29. The van der Waals surface area contributed by atoms with E-state index < -0.39 is 5.97 Å². The monoisotopic (exact) mass is 281 g/mol. The fraction of sp³-hybridized carbons (Fsp3) is 0.562. The Morgan fingerprint density at radius 1 is 1.40 bits per heavy atom. The van der Waals surface area contributed by atoms with Gasteiger partial charge in [-0.15, -0.1) is 0 Å². The molecule has 0 aromatic heterocycles. The molecule has 0 fully saturated rings. The summed E-state index contributed by atoms with van der Waals surface area (Å²) in [5.74, 6) is -1.07. The molecule has 20 heavy (non-hydrogen) atoms. The Morgan fingerprint density at radius 3 is 2.50 bits per heavy atom. The predicted octanol–water partition coefficient (Wildman–Crippen LogP) is 3.85. The first-order valence-electron chi connectivity index (χ1n) is 6.99. The minimum absolute atomic E-state index is 0.0186. The Kier molecular flexibility index (Phi) is 5.69. The fourth-order valence-electron chi connectivity index (χ4n) is 2.52. The molecule has 1 unspecified atom stereocenters. The van der Waals surface area contributed by atoms with Gasteiger partial charge in [-0.2, -0.15) is 0 Å². The smallest absolute Gasteiger partial charge is 0.304 e. The van der Waals surface area contributed by atoms with Gasteiger partial charge in [0.15, 0.2) is 0 Å². The van der Waals surface area contributed by atoms with Crippen LogP contribution in [0.3, 0.4) is 0 Å². The predicted molar refractivity (Wildman–Crippen MR) is 78.1 cm³/mol. The molecule has 0 radical (unpaired) electrons. The van der Waals surface area contributed by atoms with Crippen molar-refractivity contribution in [1.82, 2.24) is 4.90 Å².